The Labute approximate surface area is 125 Å². The SMILES string of the molecule is CC(C)(C)NCCCc1nnc(-c2ccc(Br)o2)s1. The summed E-state index contributed by atoms with van der Waals surface area (Å²) in [5, 5.41) is 13.7. The molecule has 0 unspecified atom stereocenters. The second-order valence-corrected chi connectivity index (χ2v) is 7.23. The van der Waals surface area contributed by atoms with Gasteiger partial charge in [-0.15, -0.1) is 10.2 Å². The van der Waals surface area contributed by atoms with Crippen molar-refractivity contribution in [1.82, 2.24) is 15.5 Å². The average molecular weight is 344 g/mol. The van der Waals surface area contributed by atoms with E-state index in [0.29, 0.717) is 4.67 Å². The first-order chi connectivity index (χ1) is 8.94. The summed E-state index contributed by atoms with van der Waals surface area (Å²) in [6, 6.07) is 3.76. The largest absolute Gasteiger partial charge is 0.447 e. The van der Waals surface area contributed by atoms with Crippen LogP contribution in [-0.2, 0) is 6.42 Å². The normalized spacial score (nSPS) is 12.0. The second-order valence-electron chi connectivity index (χ2n) is 5.39. The highest BCUT2D eigenvalue weighted by Crippen LogP contribution is 2.27. The highest BCUT2D eigenvalue weighted by atomic mass is 79.9. The van der Waals surface area contributed by atoms with E-state index in [1.165, 1.54) is 0 Å². The lowest BCUT2D eigenvalue weighted by molar-refractivity contribution is 0.422. The quantitative estimate of drug-likeness (QED) is 0.837. The van der Waals surface area contributed by atoms with Crippen LogP contribution in [0.1, 0.15) is 32.2 Å². The molecule has 2 rings (SSSR count). The number of furan rings is 1. The number of aryl methyl sites for hydroxylation is 1. The van der Waals surface area contributed by atoms with Gasteiger partial charge in [-0.05, 0) is 61.8 Å². The van der Waals surface area contributed by atoms with E-state index >= 15 is 0 Å². The summed E-state index contributed by atoms with van der Waals surface area (Å²) in [6.45, 7) is 7.51. The topological polar surface area (TPSA) is 51.0 Å². The van der Waals surface area contributed by atoms with Crippen LogP contribution in [-0.4, -0.2) is 22.3 Å². The molecule has 0 fully saturated rings. The second kappa shape index (κ2) is 6.15. The molecule has 0 amide bonds. The maximum absolute atomic E-state index is 5.47. The van der Waals surface area contributed by atoms with Crippen molar-refractivity contribution in [3.63, 3.8) is 0 Å². The molecule has 0 atom stereocenters. The summed E-state index contributed by atoms with van der Waals surface area (Å²) in [6.07, 6.45) is 2.01. The summed E-state index contributed by atoms with van der Waals surface area (Å²) in [5.41, 5.74) is 0.173. The molecule has 0 bridgehead atoms. The molecule has 2 aromatic heterocycles. The summed E-state index contributed by atoms with van der Waals surface area (Å²) in [7, 11) is 0. The van der Waals surface area contributed by atoms with Gasteiger partial charge in [0.05, 0.1) is 0 Å². The average Bonchev–Trinajstić information content (AvgIpc) is 2.92. The zero-order chi connectivity index (χ0) is 13.9. The Balaban J connectivity index is 1.85. The van der Waals surface area contributed by atoms with E-state index in [4.69, 9.17) is 4.42 Å². The molecular formula is C13H18BrN3OS. The van der Waals surface area contributed by atoms with Crippen LogP contribution in [0, 0.1) is 0 Å². The molecular weight excluding hydrogens is 326 g/mol. The molecule has 6 heteroatoms. The number of halogens is 1. The van der Waals surface area contributed by atoms with Crippen LogP contribution in [0.4, 0.5) is 0 Å². The minimum Gasteiger partial charge on any atom is -0.447 e. The van der Waals surface area contributed by atoms with Crippen LogP contribution in [0.15, 0.2) is 21.2 Å². The molecule has 0 saturated heterocycles. The number of hydrogen-bond acceptors (Lipinski definition) is 5. The Bertz CT molecular complexity index is 530. The van der Waals surface area contributed by atoms with Crippen molar-refractivity contribution in [3.8, 4) is 10.8 Å². The van der Waals surface area contributed by atoms with Crippen molar-refractivity contribution in [3.05, 3.63) is 21.8 Å². The van der Waals surface area contributed by atoms with E-state index in [1.807, 2.05) is 12.1 Å². The maximum atomic E-state index is 5.47. The lowest BCUT2D eigenvalue weighted by atomic mass is 10.1. The van der Waals surface area contributed by atoms with E-state index in [1.54, 1.807) is 11.3 Å². The van der Waals surface area contributed by atoms with Crippen molar-refractivity contribution in [2.45, 2.75) is 39.2 Å². The minimum atomic E-state index is 0.173. The fraction of sp³-hybridized carbons (Fsp3) is 0.538. The van der Waals surface area contributed by atoms with Gasteiger partial charge in [0.15, 0.2) is 15.4 Å². The van der Waals surface area contributed by atoms with Crippen LogP contribution < -0.4 is 5.32 Å². The maximum Gasteiger partial charge on any atom is 0.183 e. The summed E-state index contributed by atoms with van der Waals surface area (Å²) >= 11 is 4.88. The smallest absolute Gasteiger partial charge is 0.183 e. The summed E-state index contributed by atoms with van der Waals surface area (Å²) in [5.74, 6) is 0.767. The van der Waals surface area contributed by atoms with Crippen molar-refractivity contribution < 1.29 is 4.42 Å². The molecule has 2 heterocycles. The third-order valence-corrected chi connectivity index (χ3v) is 3.90. The lowest BCUT2D eigenvalue weighted by Crippen LogP contribution is -2.36. The highest BCUT2D eigenvalue weighted by molar-refractivity contribution is 9.10. The predicted molar refractivity (Wildman–Crippen MR) is 81.4 cm³/mol. The van der Waals surface area contributed by atoms with E-state index in [0.717, 1.165) is 35.2 Å². The van der Waals surface area contributed by atoms with E-state index in [-0.39, 0.29) is 5.54 Å². The van der Waals surface area contributed by atoms with Gasteiger partial charge in [0.2, 0.25) is 0 Å². The van der Waals surface area contributed by atoms with Gasteiger partial charge in [0, 0.05) is 12.0 Å². The molecule has 0 aliphatic rings. The summed E-state index contributed by atoms with van der Waals surface area (Å²) < 4.78 is 6.18. The first-order valence-corrected chi connectivity index (χ1v) is 7.88. The molecule has 104 valence electrons. The van der Waals surface area contributed by atoms with Gasteiger partial charge < -0.3 is 9.73 Å². The summed E-state index contributed by atoms with van der Waals surface area (Å²) in [4.78, 5) is 0. The first kappa shape index (κ1) is 14.7. The third kappa shape index (κ3) is 4.71. The molecule has 0 aromatic carbocycles. The van der Waals surface area contributed by atoms with Crippen LogP contribution >= 0.6 is 27.3 Å². The van der Waals surface area contributed by atoms with E-state index in [9.17, 15) is 0 Å². The molecule has 0 aliphatic heterocycles. The number of hydrogen-bond donors (Lipinski definition) is 1. The Morgan fingerprint density at radius 2 is 2.11 bits per heavy atom. The molecule has 0 radical (unpaired) electrons. The van der Waals surface area contributed by atoms with Gasteiger partial charge in [-0.25, -0.2) is 0 Å². The molecule has 0 spiro atoms. The van der Waals surface area contributed by atoms with Gasteiger partial charge in [-0.1, -0.05) is 11.3 Å². The van der Waals surface area contributed by atoms with Gasteiger partial charge >= 0.3 is 0 Å². The number of rotatable bonds is 5. The Morgan fingerprint density at radius 3 is 2.74 bits per heavy atom. The van der Waals surface area contributed by atoms with Gasteiger partial charge in [0.25, 0.3) is 0 Å². The molecule has 19 heavy (non-hydrogen) atoms. The first-order valence-electron chi connectivity index (χ1n) is 6.27. The van der Waals surface area contributed by atoms with Crippen LogP contribution in [0.3, 0.4) is 0 Å². The monoisotopic (exact) mass is 343 g/mol. The molecule has 0 aliphatic carbocycles. The van der Waals surface area contributed by atoms with Crippen molar-refractivity contribution in [2.75, 3.05) is 6.54 Å². The zero-order valence-corrected chi connectivity index (χ0v) is 13.8. The van der Waals surface area contributed by atoms with Crippen LogP contribution in [0.5, 0.6) is 0 Å². The van der Waals surface area contributed by atoms with Crippen molar-refractivity contribution in [2.24, 2.45) is 0 Å². The van der Waals surface area contributed by atoms with Crippen LogP contribution in [0.2, 0.25) is 0 Å². The van der Waals surface area contributed by atoms with Crippen LogP contribution in [0.25, 0.3) is 10.8 Å². The minimum absolute atomic E-state index is 0.173. The Hall–Kier alpha value is -0.720. The molecule has 1 N–H and O–H groups in total. The fourth-order valence-electron chi connectivity index (χ4n) is 1.59. The Kier molecular flexibility index (Phi) is 4.76. The van der Waals surface area contributed by atoms with E-state index in [2.05, 4.69) is 52.2 Å². The van der Waals surface area contributed by atoms with Gasteiger partial charge in [-0.3, -0.25) is 0 Å². The molecule has 4 nitrogen and oxygen atoms in total. The lowest BCUT2D eigenvalue weighted by Gasteiger charge is -2.20. The predicted octanol–water partition coefficient (Wildman–Crippen LogP) is 3.88. The number of nitrogens with one attached hydrogen (secondary N) is 1. The highest BCUT2D eigenvalue weighted by Gasteiger charge is 2.11. The molecule has 0 saturated carbocycles. The zero-order valence-electron chi connectivity index (χ0n) is 11.4. The number of nitrogens with zero attached hydrogens (tertiary/aromatic N) is 2. The van der Waals surface area contributed by atoms with Gasteiger partial charge in [0.1, 0.15) is 5.01 Å². The third-order valence-electron chi connectivity index (χ3n) is 2.47. The number of aromatic nitrogens is 2. The van der Waals surface area contributed by atoms with Crippen molar-refractivity contribution in [1.29, 1.82) is 0 Å². The molecule has 2 aromatic rings. The van der Waals surface area contributed by atoms with Crippen molar-refractivity contribution >= 4 is 27.3 Å². The Morgan fingerprint density at radius 1 is 1.32 bits per heavy atom. The standard InChI is InChI=1S/C13H18BrN3OS/c1-13(2,3)15-8-4-5-11-16-17-12(19-11)9-6-7-10(14)18-9/h6-7,15H,4-5,8H2,1-3H3. The fourth-order valence-corrected chi connectivity index (χ4v) is 2.74. The van der Waals surface area contributed by atoms with Gasteiger partial charge in [-0.2, -0.15) is 0 Å². The van der Waals surface area contributed by atoms with E-state index < -0.39 is 0 Å².